The molecule has 0 saturated carbocycles. The maximum atomic E-state index is 12.5. The summed E-state index contributed by atoms with van der Waals surface area (Å²) in [5.41, 5.74) is 0. The quantitative estimate of drug-likeness (QED) is 0.891. The van der Waals surface area contributed by atoms with Crippen LogP contribution in [0.5, 0.6) is 5.75 Å². The highest BCUT2D eigenvalue weighted by atomic mass is 32.2. The fraction of sp³-hybridized carbons (Fsp3) is 0.600. The monoisotopic (exact) mass is 326 g/mol. The van der Waals surface area contributed by atoms with Crippen molar-refractivity contribution in [1.82, 2.24) is 9.62 Å². The Labute approximate surface area is 131 Å². The fourth-order valence-corrected chi connectivity index (χ4v) is 4.48. The molecular weight excluding hydrogens is 304 g/mol. The molecule has 0 bridgehead atoms. The average molecular weight is 326 g/mol. The molecule has 1 aromatic carbocycles. The predicted molar refractivity (Wildman–Crippen MR) is 82.5 cm³/mol. The van der Waals surface area contributed by atoms with Gasteiger partial charge in [-0.3, -0.25) is 0 Å². The molecule has 0 aliphatic carbocycles. The lowest BCUT2D eigenvalue weighted by atomic mass is 10.1. The second-order valence-electron chi connectivity index (χ2n) is 5.74. The number of hydrogen-bond acceptors (Lipinski definition) is 5. The van der Waals surface area contributed by atoms with Crippen molar-refractivity contribution in [3.8, 4) is 5.75 Å². The molecule has 6 nitrogen and oxygen atoms in total. The van der Waals surface area contributed by atoms with E-state index in [0.29, 0.717) is 12.4 Å². The van der Waals surface area contributed by atoms with E-state index in [1.807, 2.05) is 0 Å². The van der Waals surface area contributed by atoms with E-state index < -0.39 is 10.0 Å². The third-order valence-corrected chi connectivity index (χ3v) is 5.80. The second kappa shape index (κ2) is 6.54. The molecule has 1 aromatic rings. The summed E-state index contributed by atoms with van der Waals surface area (Å²) in [4.78, 5) is 2.53. The SMILES string of the molecule is COCCN1CC[C@@H]2NS(=O)(=O)c3ccccc3O[C@H]2CC1. The molecular formula is C15H22N2O4S. The van der Waals surface area contributed by atoms with E-state index in [4.69, 9.17) is 9.47 Å². The zero-order valence-electron chi connectivity index (χ0n) is 12.7. The van der Waals surface area contributed by atoms with E-state index in [1.54, 1.807) is 31.4 Å². The number of fused-ring (bicyclic) bond motifs is 2. The van der Waals surface area contributed by atoms with E-state index in [2.05, 4.69) is 9.62 Å². The van der Waals surface area contributed by atoms with Crippen molar-refractivity contribution >= 4 is 10.0 Å². The molecule has 1 saturated heterocycles. The average Bonchev–Trinajstić information content (AvgIpc) is 2.74. The fourth-order valence-electron chi connectivity index (χ4n) is 3.05. The van der Waals surface area contributed by atoms with Gasteiger partial charge in [0, 0.05) is 20.2 Å². The van der Waals surface area contributed by atoms with E-state index in [-0.39, 0.29) is 17.0 Å². The maximum Gasteiger partial charge on any atom is 0.244 e. The van der Waals surface area contributed by atoms with Crippen molar-refractivity contribution in [3.05, 3.63) is 24.3 Å². The number of rotatable bonds is 3. The first kappa shape index (κ1) is 15.7. The van der Waals surface area contributed by atoms with Crippen molar-refractivity contribution in [2.75, 3.05) is 33.4 Å². The van der Waals surface area contributed by atoms with E-state index >= 15 is 0 Å². The van der Waals surface area contributed by atoms with Gasteiger partial charge in [-0.1, -0.05) is 12.1 Å². The minimum Gasteiger partial charge on any atom is -0.487 e. The molecule has 2 aliphatic heterocycles. The van der Waals surface area contributed by atoms with Crippen LogP contribution in [0.1, 0.15) is 12.8 Å². The Bertz CT molecular complexity index is 620. The highest BCUT2D eigenvalue weighted by Gasteiger charge is 2.36. The lowest BCUT2D eigenvalue weighted by Crippen LogP contribution is -2.43. The lowest BCUT2D eigenvalue weighted by Gasteiger charge is -2.22. The molecule has 2 heterocycles. The highest BCUT2D eigenvalue weighted by molar-refractivity contribution is 7.89. The summed E-state index contributed by atoms with van der Waals surface area (Å²) < 4.78 is 38.9. The third kappa shape index (κ3) is 3.27. The summed E-state index contributed by atoms with van der Waals surface area (Å²) >= 11 is 0. The lowest BCUT2D eigenvalue weighted by molar-refractivity contribution is 0.140. The van der Waals surface area contributed by atoms with Gasteiger partial charge in [0.15, 0.2) is 0 Å². The number of methoxy groups -OCH3 is 1. The summed E-state index contributed by atoms with van der Waals surface area (Å²) in [5, 5.41) is 0. The Balaban J connectivity index is 1.81. The van der Waals surface area contributed by atoms with Crippen molar-refractivity contribution in [1.29, 1.82) is 0 Å². The number of benzene rings is 1. The summed E-state index contributed by atoms with van der Waals surface area (Å²) in [6.07, 6.45) is 1.40. The Kier molecular flexibility index (Phi) is 4.67. The van der Waals surface area contributed by atoms with Crippen molar-refractivity contribution in [2.24, 2.45) is 0 Å². The van der Waals surface area contributed by atoms with Crippen LogP contribution in [0.4, 0.5) is 0 Å². The summed E-state index contributed by atoms with van der Waals surface area (Å²) in [6, 6.07) is 6.65. The van der Waals surface area contributed by atoms with Crippen LogP contribution in [-0.4, -0.2) is 58.8 Å². The van der Waals surface area contributed by atoms with Crippen LogP contribution >= 0.6 is 0 Å². The van der Waals surface area contributed by atoms with Crippen LogP contribution in [0, 0.1) is 0 Å². The smallest absolute Gasteiger partial charge is 0.244 e. The molecule has 1 fully saturated rings. The Morgan fingerprint density at radius 2 is 2.09 bits per heavy atom. The maximum absolute atomic E-state index is 12.5. The largest absolute Gasteiger partial charge is 0.487 e. The number of likely N-dealkylation sites (tertiary alicyclic amines) is 1. The van der Waals surface area contributed by atoms with Crippen LogP contribution in [0.25, 0.3) is 0 Å². The van der Waals surface area contributed by atoms with Crippen LogP contribution in [0.3, 0.4) is 0 Å². The first-order valence-corrected chi connectivity index (χ1v) is 9.08. The molecule has 1 N–H and O–H groups in total. The molecule has 0 spiro atoms. The number of ether oxygens (including phenoxy) is 2. The molecule has 0 radical (unpaired) electrons. The molecule has 7 heteroatoms. The molecule has 22 heavy (non-hydrogen) atoms. The van der Waals surface area contributed by atoms with Crippen LogP contribution in [0.15, 0.2) is 29.2 Å². The number of hydrogen-bond donors (Lipinski definition) is 1. The Morgan fingerprint density at radius 3 is 2.91 bits per heavy atom. The first-order valence-electron chi connectivity index (χ1n) is 7.59. The second-order valence-corrected chi connectivity index (χ2v) is 7.43. The van der Waals surface area contributed by atoms with Gasteiger partial charge in [-0.15, -0.1) is 0 Å². The number of nitrogens with one attached hydrogen (secondary N) is 1. The van der Waals surface area contributed by atoms with E-state index in [9.17, 15) is 8.42 Å². The van der Waals surface area contributed by atoms with Crippen LogP contribution < -0.4 is 9.46 Å². The third-order valence-electron chi connectivity index (χ3n) is 4.27. The highest BCUT2D eigenvalue weighted by Crippen LogP contribution is 2.30. The summed E-state index contributed by atoms with van der Waals surface area (Å²) in [5.74, 6) is 0.452. The van der Waals surface area contributed by atoms with Crippen LogP contribution in [-0.2, 0) is 14.8 Å². The predicted octanol–water partition coefficient (Wildman–Crippen LogP) is 0.837. The van der Waals surface area contributed by atoms with Gasteiger partial charge in [-0.25, -0.2) is 13.1 Å². The minimum absolute atomic E-state index is 0.133. The van der Waals surface area contributed by atoms with Crippen LogP contribution in [0.2, 0.25) is 0 Å². The molecule has 0 aromatic heterocycles. The van der Waals surface area contributed by atoms with Gasteiger partial charge in [-0.05, 0) is 31.5 Å². The number of nitrogens with zero attached hydrogens (tertiary/aromatic N) is 1. The number of para-hydroxylation sites is 1. The zero-order valence-corrected chi connectivity index (χ0v) is 13.5. The molecule has 2 aliphatic rings. The topological polar surface area (TPSA) is 67.9 Å². The molecule has 0 amide bonds. The Morgan fingerprint density at radius 1 is 1.32 bits per heavy atom. The Hall–Kier alpha value is -1.15. The van der Waals surface area contributed by atoms with Gasteiger partial charge in [-0.2, -0.15) is 0 Å². The van der Waals surface area contributed by atoms with Crippen molar-refractivity contribution in [2.45, 2.75) is 29.9 Å². The first-order chi connectivity index (χ1) is 10.6. The van der Waals surface area contributed by atoms with Gasteiger partial charge >= 0.3 is 0 Å². The van der Waals surface area contributed by atoms with Crippen molar-refractivity contribution in [3.63, 3.8) is 0 Å². The van der Waals surface area contributed by atoms with Gasteiger partial charge in [0.25, 0.3) is 0 Å². The molecule has 2 atom stereocenters. The van der Waals surface area contributed by atoms with Gasteiger partial charge < -0.3 is 14.4 Å². The van der Waals surface area contributed by atoms with Crippen molar-refractivity contribution < 1.29 is 17.9 Å². The van der Waals surface area contributed by atoms with E-state index in [0.717, 1.165) is 32.5 Å². The molecule has 3 rings (SSSR count). The standard InChI is InChI=1S/C15H22N2O4S/c1-20-11-10-17-8-6-12-13(7-9-17)21-14-4-2-3-5-15(14)22(18,19)16-12/h2-5,12-13,16H,6-11H2,1H3/t12-,13-/m0/s1. The van der Waals surface area contributed by atoms with Gasteiger partial charge in [0.2, 0.25) is 10.0 Å². The normalized spacial score (nSPS) is 27.9. The minimum atomic E-state index is -3.52. The summed E-state index contributed by atoms with van der Waals surface area (Å²) in [6.45, 7) is 3.27. The molecule has 122 valence electrons. The van der Waals surface area contributed by atoms with Gasteiger partial charge in [0.05, 0.1) is 12.6 Å². The number of sulfonamides is 1. The summed E-state index contributed by atoms with van der Waals surface area (Å²) in [7, 11) is -1.83. The van der Waals surface area contributed by atoms with Gasteiger partial charge in [0.1, 0.15) is 16.7 Å². The molecule has 0 unspecified atom stereocenters. The zero-order chi connectivity index (χ0) is 15.6. The van der Waals surface area contributed by atoms with E-state index in [1.165, 1.54) is 0 Å².